The normalized spacial score (nSPS) is 10.8. The maximum atomic E-state index is 5.80. The van der Waals surface area contributed by atoms with E-state index in [0.29, 0.717) is 0 Å². The van der Waals surface area contributed by atoms with Gasteiger partial charge < -0.3 is 5.84 Å². The number of para-hydroxylation sites is 2. The standard InChI is InChI=1S/C9H11N3/c1-2-9-11-7-5-3-4-6-8(7)12(9)10/h3-6H,2,10H2,1H3. The predicted octanol–water partition coefficient (Wildman–Crippen LogP) is 1.31. The molecule has 62 valence electrons. The molecule has 3 nitrogen and oxygen atoms in total. The maximum Gasteiger partial charge on any atom is 0.128 e. The van der Waals surface area contributed by atoms with Crippen LogP contribution in [0.5, 0.6) is 0 Å². The second kappa shape index (κ2) is 2.52. The third-order valence-electron chi connectivity index (χ3n) is 1.99. The molecule has 0 atom stereocenters. The summed E-state index contributed by atoms with van der Waals surface area (Å²) in [4.78, 5) is 4.37. The summed E-state index contributed by atoms with van der Waals surface area (Å²) in [5.41, 5.74) is 1.96. The van der Waals surface area contributed by atoms with Gasteiger partial charge in [-0.1, -0.05) is 19.1 Å². The molecule has 0 saturated heterocycles. The molecular formula is C9H11N3. The molecule has 0 aliphatic carbocycles. The molecule has 0 bridgehead atoms. The van der Waals surface area contributed by atoms with Crippen LogP contribution in [0.15, 0.2) is 24.3 Å². The molecule has 1 aromatic carbocycles. The van der Waals surface area contributed by atoms with Crippen molar-refractivity contribution in [3.05, 3.63) is 30.1 Å². The molecule has 1 aromatic heterocycles. The third-order valence-corrected chi connectivity index (χ3v) is 1.99. The van der Waals surface area contributed by atoms with Gasteiger partial charge in [-0.2, -0.15) is 0 Å². The number of aryl methyl sites for hydroxylation is 1. The van der Waals surface area contributed by atoms with E-state index < -0.39 is 0 Å². The predicted molar refractivity (Wildman–Crippen MR) is 49.3 cm³/mol. The number of nitrogens with zero attached hydrogens (tertiary/aromatic N) is 2. The van der Waals surface area contributed by atoms with Crippen LogP contribution in [0.3, 0.4) is 0 Å². The molecule has 2 rings (SSSR count). The van der Waals surface area contributed by atoms with Crippen molar-refractivity contribution in [1.29, 1.82) is 0 Å². The number of hydrogen-bond acceptors (Lipinski definition) is 2. The Balaban J connectivity index is 2.78. The van der Waals surface area contributed by atoms with Crippen molar-refractivity contribution in [2.75, 3.05) is 5.84 Å². The van der Waals surface area contributed by atoms with Gasteiger partial charge in [0.2, 0.25) is 0 Å². The number of nitrogens with two attached hydrogens (primary N) is 1. The van der Waals surface area contributed by atoms with E-state index in [4.69, 9.17) is 5.84 Å². The van der Waals surface area contributed by atoms with E-state index in [9.17, 15) is 0 Å². The van der Waals surface area contributed by atoms with Gasteiger partial charge in [0.05, 0.1) is 11.0 Å². The molecule has 0 radical (unpaired) electrons. The summed E-state index contributed by atoms with van der Waals surface area (Å²) in [6.45, 7) is 2.05. The Labute approximate surface area is 70.8 Å². The number of benzene rings is 1. The van der Waals surface area contributed by atoms with Gasteiger partial charge in [0.25, 0.3) is 0 Å². The van der Waals surface area contributed by atoms with Crippen molar-refractivity contribution in [2.24, 2.45) is 0 Å². The van der Waals surface area contributed by atoms with E-state index in [-0.39, 0.29) is 0 Å². The molecule has 3 heteroatoms. The zero-order valence-electron chi connectivity index (χ0n) is 6.99. The molecule has 0 fully saturated rings. The largest absolute Gasteiger partial charge is 0.337 e. The van der Waals surface area contributed by atoms with Crippen LogP contribution in [-0.2, 0) is 6.42 Å². The molecule has 0 unspecified atom stereocenters. The van der Waals surface area contributed by atoms with E-state index in [1.165, 1.54) is 0 Å². The minimum absolute atomic E-state index is 0.866. The molecule has 0 aliphatic heterocycles. The highest BCUT2D eigenvalue weighted by Crippen LogP contribution is 2.12. The van der Waals surface area contributed by atoms with Gasteiger partial charge in [-0.3, -0.25) is 0 Å². The van der Waals surface area contributed by atoms with E-state index in [2.05, 4.69) is 4.98 Å². The minimum Gasteiger partial charge on any atom is -0.337 e. The zero-order valence-corrected chi connectivity index (χ0v) is 6.99. The molecule has 1 heterocycles. The molecule has 0 aliphatic rings. The fourth-order valence-electron chi connectivity index (χ4n) is 1.34. The summed E-state index contributed by atoms with van der Waals surface area (Å²) in [6, 6.07) is 7.88. The minimum atomic E-state index is 0.866. The summed E-state index contributed by atoms with van der Waals surface area (Å²) in [7, 11) is 0. The topological polar surface area (TPSA) is 43.8 Å². The van der Waals surface area contributed by atoms with Crippen LogP contribution in [-0.4, -0.2) is 9.66 Å². The van der Waals surface area contributed by atoms with E-state index in [1.807, 2.05) is 31.2 Å². The third kappa shape index (κ3) is 0.863. The molecule has 0 saturated carbocycles. The fraction of sp³-hybridized carbons (Fsp3) is 0.222. The maximum absolute atomic E-state index is 5.80. The number of fused-ring (bicyclic) bond motifs is 1. The molecular weight excluding hydrogens is 150 g/mol. The lowest BCUT2D eigenvalue weighted by Gasteiger charge is -1.96. The lowest BCUT2D eigenvalue weighted by molar-refractivity contribution is 0.877. The van der Waals surface area contributed by atoms with Gasteiger partial charge in [0.15, 0.2) is 0 Å². The van der Waals surface area contributed by atoms with Crippen molar-refractivity contribution in [3.8, 4) is 0 Å². The first kappa shape index (κ1) is 7.16. The number of imidazole rings is 1. The van der Waals surface area contributed by atoms with Crippen molar-refractivity contribution in [3.63, 3.8) is 0 Å². The summed E-state index contributed by atoms with van der Waals surface area (Å²) in [5, 5.41) is 0. The van der Waals surface area contributed by atoms with Crippen LogP contribution in [0.4, 0.5) is 0 Å². The van der Waals surface area contributed by atoms with Crippen LogP contribution in [0, 0.1) is 0 Å². The lowest BCUT2D eigenvalue weighted by Crippen LogP contribution is -2.11. The Morgan fingerprint density at radius 1 is 1.42 bits per heavy atom. The van der Waals surface area contributed by atoms with Crippen molar-refractivity contribution >= 4 is 11.0 Å². The van der Waals surface area contributed by atoms with Crippen molar-refractivity contribution < 1.29 is 0 Å². The van der Waals surface area contributed by atoms with Crippen molar-refractivity contribution in [2.45, 2.75) is 13.3 Å². The highest BCUT2D eigenvalue weighted by Gasteiger charge is 2.04. The van der Waals surface area contributed by atoms with Crippen LogP contribution < -0.4 is 5.84 Å². The average Bonchev–Trinajstić information content (AvgIpc) is 2.44. The van der Waals surface area contributed by atoms with Crippen LogP contribution in [0.2, 0.25) is 0 Å². The Morgan fingerprint density at radius 3 is 2.83 bits per heavy atom. The smallest absolute Gasteiger partial charge is 0.128 e. The average molecular weight is 161 g/mol. The van der Waals surface area contributed by atoms with Gasteiger partial charge in [-0.25, -0.2) is 9.66 Å². The van der Waals surface area contributed by atoms with Gasteiger partial charge in [0.1, 0.15) is 5.82 Å². The highest BCUT2D eigenvalue weighted by molar-refractivity contribution is 5.75. The summed E-state index contributed by atoms with van der Waals surface area (Å²) < 4.78 is 1.65. The number of nitrogen functional groups attached to an aromatic ring is 1. The SMILES string of the molecule is CCc1nc2ccccc2n1N. The summed E-state index contributed by atoms with van der Waals surface area (Å²) in [5.74, 6) is 6.73. The molecule has 0 spiro atoms. The Kier molecular flexibility index (Phi) is 1.50. The van der Waals surface area contributed by atoms with E-state index >= 15 is 0 Å². The van der Waals surface area contributed by atoms with Gasteiger partial charge >= 0.3 is 0 Å². The zero-order chi connectivity index (χ0) is 8.55. The van der Waals surface area contributed by atoms with Crippen LogP contribution in [0.1, 0.15) is 12.7 Å². The molecule has 0 amide bonds. The lowest BCUT2D eigenvalue weighted by atomic mass is 10.3. The Hall–Kier alpha value is -1.51. The number of hydrogen-bond donors (Lipinski definition) is 1. The molecule has 2 aromatic rings. The fourth-order valence-corrected chi connectivity index (χ4v) is 1.34. The van der Waals surface area contributed by atoms with Crippen molar-refractivity contribution in [1.82, 2.24) is 9.66 Å². The van der Waals surface area contributed by atoms with E-state index in [0.717, 1.165) is 23.3 Å². The highest BCUT2D eigenvalue weighted by atomic mass is 15.3. The Morgan fingerprint density at radius 2 is 2.17 bits per heavy atom. The molecule has 2 N–H and O–H groups in total. The molecule has 12 heavy (non-hydrogen) atoms. The summed E-state index contributed by atoms with van der Waals surface area (Å²) >= 11 is 0. The summed E-state index contributed by atoms with van der Waals surface area (Å²) in [6.07, 6.45) is 0.866. The van der Waals surface area contributed by atoms with Gasteiger partial charge in [0, 0.05) is 6.42 Å². The van der Waals surface area contributed by atoms with Gasteiger partial charge in [-0.05, 0) is 12.1 Å². The Bertz CT molecular complexity index is 403. The van der Waals surface area contributed by atoms with Gasteiger partial charge in [-0.15, -0.1) is 0 Å². The first-order valence-corrected chi connectivity index (χ1v) is 4.04. The second-order valence-corrected chi connectivity index (χ2v) is 2.74. The second-order valence-electron chi connectivity index (χ2n) is 2.74. The number of aromatic nitrogens is 2. The first-order chi connectivity index (χ1) is 5.83. The first-order valence-electron chi connectivity index (χ1n) is 4.04. The van der Waals surface area contributed by atoms with Crippen LogP contribution >= 0.6 is 0 Å². The quantitative estimate of drug-likeness (QED) is 0.641. The monoisotopic (exact) mass is 161 g/mol. The number of rotatable bonds is 1. The van der Waals surface area contributed by atoms with Crippen LogP contribution in [0.25, 0.3) is 11.0 Å². The van der Waals surface area contributed by atoms with E-state index in [1.54, 1.807) is 4.68 Å².